The highest BCUT2D eigenvalue weighted by Gasteiger charge is 2.27. The first-order chi connectivity index (χ1) is 14.5. The average Bonchev–Trinajstić information content (AvgIpc) is 2.72. The molecule has 2 rings (SSSR count). The Morgan fingerprint density at radius 2 is 1.74 bits per heavy atom. The number of carbonyl (C=O) groups excluding carboxylic acids is 1. The summed E-state index contributed by atoms with van der Waals surface area (Å²) in [6, 6.07) is 12.3. The van der Waals surface area contributed by atoms with E-state index in [1.807, 2.05) is 24.3 Å². The molecule has 31 heavy (non-hydrogen) atoms. The number of nitrogens with one attached hydrogen (secondary N) is 1. The van der Waals surface area contributed by atoms with Crippen molar-refractivity contribution in [2.75, 3.05) is 27.8 Å². The number of nitrogens with zero attached hydrogens (tertiary/aromatic N) is 2. The molecule has 0 spiro atoms. The average molecular weight is 448 g/mol. The third kappa shape index (κ3) is 6.28. The maximum atomic E-state index is 12.9. The van der Waals surface area contributed by atoms with E-state index in [0.29, 0.717) is 5.75 Å². The second-order valence-corrected chi connectivity index (χ2v) is 9.96. The summed E-state index contributed by atoms with van der Waals surface area (Å²) < 4.78 is 37.0. The van der Waals surface area contributed by atoms with Crippen molar-refractivity contribution in [2.24, 2.45) is 5.10 Å². The molecule has 0 aliphatic heterocycles. The normalized spacial score (nSPS) is 12.2. The number of sulfonamides is 1. The topological polar surface area (TPSA) is 97.3 Å². The lowest BCUT2D eigenvalue weighted by Gasteiger charge is -2.18. The number of benzene rings is 2. The number of ether oxygens (including phenoxy) is 2. The molecule has 0 atom stereocenters. The van der Waals surface area contributed by atoms with Crippen LogP contribution in [0, 0.1) is 0 Å². The zero-order chi connectivity index (χ0) is 23.2. The molecule has 0 saturated carbocycles. The maximum Gasteiger partial charge on any atom is 0.255 e. The molecular formula is C22H29N3O5S. The van der Waals surface area contributed by atoms with Gasteiger partial charge in [0.2, 0.25) is 10.0 Å². The third-order valence-corrected chi connectivity index (χ3v) is 6.43. The van der Waals surface area contributed by atoms with Gasteiger partial charge in [0.05, 0.1) is 27.0 Å². The van der Waals surface area contributed by atoms with E-state index in [1.54, 1.807) is 6.07 Å². The zero-order valence-electron chi connectivity index (χ0n) is 18.7. The smallest absolute Gasteiger partial charge is 0.255 e. The Morgan fingerprint density at radius 3 is 2.29 bits per heavy atom. The molecule has 0 radical (unpaired) electrons. The first-order valence-corrected chi connectivity index (χ1v) is 11.0. The molecule has 0 aliphatic carbocycles. The molecule has 1 N–H and O–H groups in total. The van der Waals surface area contributed by atoms with E-state index < -0.39 is 22.5 Å². The number of hydrazone groups is 1. The van der Waals surface area contributed by atoms with Crippen LogP contribution in [0.4, 0.5) is 0 Å². The van der Waals surface area contributed by atoms with Crippen molar-refractivity contribution < 1.29 is 22.7 Å². The number of rotatable bonds is 8. The van der Waals surface area contributed by atoms with Crippen LogP contribution in [0.25, 0.3) is 0 Å². The van der Waals surface area contributed by atoms with Crippen LogP contribution >= 0.6 is 0 Å². The molecule has 0 aliphatic rings. The monoisotopic (exact) mass is 447 g/mol. The van der Waals surface area contributed by atoms with Crippen LogP contribution in [0.1, 0.15) is 31.9 Å². The molecule has 0 fully saturated rings. The number of amides is 1. The van der Waals surface area contributed by atoms with Gasteiger partial charge >= 0.3 is 0 Å². The van der Waals surface area contributed by atoms with Gasteiger partial charge in [-0.15, -0.1) is 0 Å². The maximum absolute atomic E-state index is 12.9. The second-order valence-electron chi connectivity index (χ2n) is 7.94. The van der Waals surface area contributed by atoms with E-state index in [9.17, 15) is 13.2 Å². The first-order valence-electron chi connectivity index (χ1n) is 9.60. The summed E-state index contributed by atoms with van der Waals surface area (Å²) in [6.07, 6.45) is 1.50. The van der Waals surface area contributed by atoms with Gasteiger partial charge in [0.1, 0.15) is 16.4 Å². The van der Waals surface area contributed by atoms with Crippen molar-refractivity contribution in [3.05, 3.63) is 53.6 Å². The molecular weight excluding hydrogens is 418 g/mol. The predicted octanol–water partition coefficient (Wildman–Crippen LogP) is 2.77. The van der Waals surface area contributed by atoms with E-state index >= 15 is 0 Å². The minimum atomic E-state index is -3.99. The van der Waals surface area contributed by atoms with Gasteiger partial charge < -0.3 is 9.47 Å². The van der Waals surface area contributed by atoms with Crippen molar-refractivity contribution in [2.45, 2.75) is 31.1 Å². The Bertz CT molecular complexity index is 1040. The highest BCUT2D eigenvalue weighted by molar-refractivity contribution is 7.89. The van der Waals surface area contributed by atoms with Crippen molar-refractivity contribution in [3.63, 3.8) is 0 Å². The third-order valence-electron chi connectivity index (χ3n) is 4.60. The molecule has 168 valence electrons. The largest absolute Gasteiger partial charge is 0.497 e. The lowest BCUT2D eigenvalue weighted by atomic mass is 9.87. The van der Waals surface area contributed by atoms with Crippen LogP contribution in [0.15, 0.2) is 52.5 Å². The van der Waals surface area contributed by atoms with E-state index in [2.05, 4.69) is 31.3 Å². The Balaban J connectivity index is 2.04. The number of hydrogen-bond acceptors (Lipinski definition) is 6. The van der Waals surface area contributed by atoms with E-state index in [0.717, 1.165) is 9.87 Å². The molecule has 0 bridgehead atoms. The number of hydrogen-bond donors (Lipinski definition) is 1. The van der Waals surface area contributed by atoms with E-state index in [-0.39, 0.29) is 16.1 Å². The Morgan fingerprint density at radius 1 is 1.10 bits per heavy atom. The summed E-state index contributed by atoms with van der Waals surface area (Å²) in [4.78, 5) is 12.1. The van der Waals surface area contributed by atoms with Gasteiger partial charge in [-0.25, -0.2) is 13.8 Å². The molecule has 0 saturated heterocycles. The minimum Gasteiger partial charge on any atom is -0.497 e. The van der Waals surface area contributed by atoms with Crippen LogP contribution in [-0.4, -0.2) is 52.7 Å². The lowest BCUT2D eigenvalue weighted by molar-refractivity contribution is -0.121. The Kier molecular flexibility index (Phi) is 7.80. The van der Waals surface area contributed by atoms with Gasteiger partial charge in [0, 0.05) is 13.1 Å². The molecule has 0 unspecified atom stereocenters. The molecule has 8 nitrogen and oxygen atoms in total. The fourth-order valence-corrected chi connectivity index (χ4v) is 4.02. The highest BCUT2D eigenvalue weighted by Crippen LogP contribution is 2.30. The van der Waals surface area contributed by atoms with Crippen molar-refractivity contribution in [1.29, 1.82) is 0 Å². The van der Waals surface area contributed by atoms with Gasteiger partial charge in [0.25, 0.3) is 5.91 Å². The molecule has 0 aromatic heterocycles. The predicted molar refractivity (Wildman–Crippen MR) is 120 cm³/mol. The number of carbonyl (C=O) groups is 1. The lowest BCUT2D eigenvalue weighted by Crippen LogP contribution is -2.36. The first kappa shape index (κ1) is 24.4. The van der Waals surface area contributed by atoms with Crippen LogP contribution < -0.4 is 14.9 Å². The second kappa shape index (κ2) is 9.93. The van der Waals surface area contributed by atoms with Crippen molar-refractivity contribution >= 4 is 22.1 Å². The summed E-state index contributed by atoms with van der Waals surface area (Å²) in [6.45, 7) is 5.97. The summed E-state index contributed by atoms with van der Waals surface area (Å²) in [5.74, 6) is -0.0559. The summed E-state index contributed by atoms with van der Waals surface area (Å²) in [5, 5.41) is 3.91. The fourth-order valence-electron chi connectivity index (χ4n) is 2.72. The van der Waals surface area contributed by atoms with Crippen LogP contribution in [0.2, 0.25) is 0 Å². The van der Waals surface area contributed by atoms with Crippen molar-refractivity contribution in [3.8, 4) is 11.5 Å². The van der Waals surface area contributed by atoms with Gasteiger partial charge in [-0.3, -0.25) is 4.79 Å². The summed E-state index contributed by atoms with van der Waals surface area (Å²) in [5.41, 5.74) is 4.40. The van der Waals surface area contributed by atoms with Gasteiger partial charge in [-0.05, 0) is 28.7 Å². The summed E-state index contributed by atoms with van der Waals surface area (Å²) in [7, 11) is 0.124. The van der Waals surface area contributed by atoms with Crippen LogP contribution in [-0.2, 0) is 20.2 Å². The zero-order valence-corrected chi connectivity index (χ0v) is 19.5. The van der Waals surface area contributed by atoms with E-state index in [1.165, 1.54) is 45.2 Å². The van der Waals surface area contributed by atoms with Gasteiger partial charge in [-0.2, -0.15) is 9.41 Å². The fraction of sp³-hybridized carbons (Fsp3) is 0.364. The van der Waals surface area contributed by atoms with Crippen LogP contribution in [0.5, 0.6) is 11.5 Å². The van der Waals surface area contributed by atoms with Crippen molar-refractivity contribution in [1.82, 2.24) is 9.73 Å². The summed E-state index contributed by atoms with van der Waals surface area (Å²) >= 11 is 0. The molecule has 2 aromatic carbocycles. The van der Waals surface area contributed by atoms with E-state index in [4.69, 9.17) is 9.47 Å². The number of likely N-dealkylation sites (N-methyl/N-ethyl adjacent to an activating group) is 1. The SMILES string of the molecule is COc1ccc(OC)c(S(=O)(=O)N(C)CC(=O)N/N=C/c2ccc(C(C)(C)C)cc2)c1. The molecule has 0 heterocycles. The molecule has 9 heteroatoms. The number of methoxy groups -OCH3 is 2. The molecule has 1 amide bonds. The highest BCUT2D eigenvalue weighted by atomic mass is 32.2. The standard InChI is InChI=1S/C22H29N3O5S/c1-22(2,3)17-9-7-16(8-10-17)14-23-24-21(26)15-25(4)31(27,28)20-13-18(29-5)11-12-19(20)30-6/h7-14H,15H2,1-6H3,(H,24,26)/b23-14+. The quantitative estimate of drug-likeness (QED) is 0.496. The van der Waals surface area contributed by atoms with Gasteiger partial charge in [0.15, 0.2) is 0 Å². The Labute approximate surface area is 183 Å². The van der Waals surface area contributed by atoms with Gasteiger partial charge in [-0.1, -0.05) is 45.0 Å². The Hall–Kier alpha value is -2.91. The minimum absolute atomic E-state index is 0.0470. The van der Waals surface area contributed by atoms with Crippen LogP contribution in [0.3, 0.4) is 0 Å². The molecule has 2 aromatic rings.